The fraction of sp³-hybridized carbons (Fsp3) is 0.767. The van der Waals surface area contributed by atoms with Crippen LogP contribution in [0.3, 0.4) is 0 Å². The minimum Gasteiger partial charge on any atom is -0.490 e. The smallest absolute Gasteiger partial charge is 0.344 e. The largest absolute Gasteiger partial charge is 0.490 e. The van der Waals surface area contributed by atoms with Crippen LogP contribution < -0.4 is 9.47 Å². The molecule has 1 heterocycles. The van der Waals surface area contributed by atoms with Crippen LogP contribution in [0, 0.1) is 31.6 Å². The summed E-state index contributed by atoms with van der Waals surface area (Å²) in [7, 11) is 0. The van der Waals surface area contributed by atoms with E-state index in [0.717, 1.165) is 59.5 Å². The van der Waals surface area contributed by atoms with Gasteiger partial charge in [-0.15, -0.1) is 0 Å². The lowest BCUT2D eigenvalue weighted by molar-refractivity contribution is -0.144. The lowest BCUT2D eigenvalue weighted by Crippen LogP contribution is -2.25. The first-order chi connectivity index (χ1) is 16.1. The van der Waals surface area contributed by atoms with E-state index in [0.29, 0.717) is 5.75 Å². The highest BCUT2D eigenvalue weighted by Gasteiger charge is 2.25. The first-order valence-corrected chi connectivity index (χ1v) is 13.8. The summed E-state index contributed by atoms with van der Waals surface area (Å²) >= 11 is 0. The molecule has 0 aliphatic carbocycles. The third-order valence-electron chi connectivity index (χ3n) is 7.64. The molecule has 4 heteroatoms. The van der Waals surface area contributed by atoms with Crippen molar-refractivity contribution < 1.29 is 19.4 Å². The van der Waals surface area contributed by atoms with E-state index in [-0.39, 0.29) is 6.10 Å². The van der Waals surface area contributed by atoms with Crippen molar-refractivity contribution in [2.75, 3.05) is 0 Å². The summed E-state index contributed by atoms with van der Waals surface area (Å²) in [5.74, 6) is 3.20. The monoisotopic (exact) mass is 474 g/mol. The third kappa shape index (κ3) is 9.15. The minimum absolute atomic E-state index is 0.281. The lowest BCUT2D eigenvalue weighted by atomic mass is 9.90. The molecule has 194 valence electrons. The van der Waals surface area contributed by atoms with Gasteiger partial charge in [0.15, 0.2) is 6.10 Å². The molecule has 1 aliphatic rings. The van der Waals surface area contributed by atoms with Crippen molar-refractivity contribution in [2.24, 2.45) is 17.8 Å². The van der Waals surface area contributed by atoms with Crippen LogP contribution >= 0.6 is 0 Å². The van der Waals surface area contributed by atoms with Crippen LogP contribution in [0.5, 0.6) is 11.5 Å². The zero-order valence-electron chi connectivity index (χ0n) is 22.9. The van der Waals surface area contributed by atoms with E-state index < -0.39 is 12.1 Å². The summed E-state index contributed by atoms with van der Waals surface area (Å²) in [4.78, 5) is 11.2. The molecule has 4 nitrogen and oxygen atoms in total. The van der Waals surface area contributed by atoms with Crippen molar-refractivity contribution in [2.45, 2.75) is 131 Å². The van der Waals surface area contributed by atoms with Crippen molar-refractivity contribution in [1.82, 2.24) is 0 Å². The van der Waals surface area contributed by atoms with E-state index in [9.17, 15) is 4.79 Å². The van der Waals surface area contributed by atoms with Crippen LogP contribution in [-0.2, 0) is 11.2 Å². The average Bonchev–Trinajstić information content (AvgIpc) is 2.77. The molecule has 1 aromatic rings. The summed E-state index contributed by atoms with van der Waals surface area (Å²) in [5, 5.41) is 9.17. The zero-order valence-corrected chi connectivity index (χ0v) is 22.9. The number of aryl methyl sites for hydroxylation is 1. The molecule has 0 bridgehead atoms. The number of hydrogen-bond donors (Lipinski definition) is 1. The van der Waals surface area contributed by atoms with Crippen LogP contribution in [-0.4, -0.2) is 23.3 Å². The molecule has 0 spiro atoms. The van der Waals surface area contributed by atoms with E-state index >= 15 is 0 Å². The highest BCUT2D eigenvalue weighted by Crippen LogP contribution is 2.39. The normalized spacial score (nSPS) is 18.2. The predicted octanol–water partition coefficient (Wildman–Crippen LogP) is 8.29. The Morgan fingerprint density at radius 1 is 0.971 bits per heavy atom. The Bertz CT molecular complexity index is 770. The number of carboxylic acid groups (broad SMARTS) is 1. The number of carboxylic acids is 1. The van der Waals surface area contributed by atoms with Crippen molar-refractivity contribution in [1.29, 1.82) is 0 Å². The van der Waals surface area contributed by atoms with Crippen LogP contribution in [0.15, 0.2) is 6.07 Å². The Labute approximate surface area is 208 Å². The van der Waals surface area contributed by atoms with Crippen LogP contribution in [0.4, 0.5) is 0 Å². The molecule has 1 unspecified atom stereocenters. The SMILES string of the molecule is Cc1c(OC(C)C(=O)O)cc2c(c1C)O[C@H](CCC[C@H](C)CCC[C@H](C)CCCC(C)C)CC2. The van der Waals surface area contributed by atoms with Crippen molar-refractivity contribution in [3.05, 3.63) is 22.8 Å². The van der Waals surface area contributed by atoms with Crippen LogP contribution in [0.1, 0.15) is 116 Å². The van der Waals surface area contributed by atoms with E-state index in [4.69, 9.17) is 14.6 Å². The maximum Gasteiger partial charge on any atom is 0.344 e. The lowest BCUT2D eigenvalue weighted by Gasteiger charge is -2.29. The topological polar surface area (TPSA) is 55.8 Å². The summed E-state index contributed by atoms with van der Waals surface area (Å²) < 4.78 is 12.1. The predicted molar refractivity (Wildman–Crippen MR) is 141 cm³/mol. The van der Waals surface area contributed by atoms with Gasteiger partial charge >= 0.3 is 5.97 Å². The maximum absolute atomic E-state index is 11.2. The zero-order chi connectivity index (χ0) is 25.3. The molecular weight excluding hydrogens is 424 g/mol. The van der Waals surface area contributed by atoms with Gasteiger partial charge in [-0.3, -0.25) is 0 Å². The highest BCUT2D eigenvalue weighted by molar-refractivity contribution is 5.72. The number of hydrogen-bond acceptors (Lipinski definition) is 3. The van der Waals surface area contributed by atoms with Gasteiger partial charge in [0.1, 0.15) is 11.5 Å². The quantitative estimate of drug-likeness (QED) is 0.278. The number of ether oxygens (including phenoxy) is 2. The molecule has 0 aromatic heterocycles. The molecule has 1 N–H and O–H groups in total. The van der Waals surface area contributed by atoms with Gasteiger partial charge in [0, 0.05) is 0 Å². The van der Waals surface area contributed by atoms with Crippen molar-refractivity contribution in [3.63, 3.8) is 0 Å². The fourth-order valence-electron chi connectivity index (χ4n) is 5.06. The summed E-state index contributed by atoms with van der Waals surface area (Å²) in [6.45, 7) is 15.1. The van der Waals surface area contributed by atoms with E-state index in [1.807, 2.05) is 13.0 Å². The molecule has 0 saturated heterocycles. The summed E-state index contributed by atoms with van der Waals surface area (Å²) in [6, 6.07) is 1.99. The van der Waals surface area contributed by atoms with Gasteiger partial charge in [0.05, 0.1) is 6.10 Å². The van der Waals surface area contributed by atoms with Gasteiger partial charge in [-0.2, -0.15) is 0 Å². The Hall–Kier alpha value is -1.71. The molecule has 4 atom stereocenters. The highest BCUT2D eigenvalue weighted by atomic mass is 16.5. The van der Waals surface area contributed by atoms with Crippen molar-refractivity contribution >= 4 is 5.97 Å². The van der Waals surface area contributed by atoms with Gasteiger partial charge in [0.2, 0.25) is 0 Å². The number of carbonyl (C=O) groups is 1. The minimum atomic E-state index is -0.948. The first-order valence-electron chi connectivity index (χ1n) is 13.8. The Morgan fingerprint density at radius 2 is 1.56 bits per heavy atom. The first kappa shape index (κ1) is 28.5. The Balaban J connectivity index is 1.73. The molecule has 0 radical (unpaired) electrons. The van der Waals surface area contributed by atoms with E-state index in [1.54, 1.807) is 6.92 Å². The molecule has 0 saturated carbocycles. The number of aliphatic carboxylic acids is 1. The second-order valence-corrected chi connectivity index (χ2v) is 11.4. The van der Waals surface area contributed by atoms with Gasteiger partial charge in [-0.25, -0.2) is 4.79 Å². The number of fused-ring (bicyclic) bond motifs is 1. The fourth-order valence-corrected chi connectivity index (χ4v) is 5.06. The van der Waals surface area contributed by atoms with Crippen LogP contribution in [0.2, 0.25) is 0 Å². The van der Waals surface area contributed by atoms with Gasteiger partial charge in [0.25, 0.3) is 0 Å². The summed E-state index contributed by atoms with van der Waals surface area (Å²) in [5.41, 5.74) is 3.19. The summed E-state index contributed by atoms with van der Waals surface area (Å²) in [6.07, 6.45) is 13.2. The van der Waals surface area contributed by atoms with Gasteiger partial charge in [-0.05, 0) is 87.0 Å². The second kappa shape index (κ2) is 14.0. The molecule has 0 amide bonds. The third-order valence-corrected chi connectivity index (χ3v) is 7.64. The average molecular weight is 475 g/mol. The maximum atomic E-state index is 11.2. The second-order valence-electron chi connectivity index (χ2n) is 11.4. The van der Waals surface area contributed by atoms with Gasteiger partial charge in [-0.1, -0.05) is 72.6 Å². The molecule has 1 aliphatic heterocycles. The molecule has 2 rings (SSSR count). The van der Waals surface area contributed by atoms with Crippen LogP contribution in [0.25, 0.3) is 0 Å². The standard InChI is InChI=1S/C30H50O4/c1-20(2)11-8-12-21(3)13-9-14-22(4)15-10-16-27-18-17-26-19-28(33-25(7)30(31)32)23(5)24(6)29(26)34-27/h19-22,25,27H,8-18H2,1-7H3,(H,31,32)/t21-,22-,25?,27-/m1/s1. The number of rotatable bonds is 15. The van der Waals surface area contributed by atoms with Gasteiger partial charge < -0.3 is 14.6 Å². The van der Waals surface area contributed by atoms with E-state index in [1.165, 1.54) is 51.4 Å². The van der Waals surface area contributed by atoms with Crippen molar-refractivity contribution in [3.8, 4) is 11.5 Å². The molecular formula is C30H50O4. The Kier molecular flexibility index (Phi) is 11.7. The number of benzene rings is 1. The molecule has 1 aromatic carbocycles. The Morgan fingerprint density at radius 3 is 2.15 bits per heavy atom. The molecule has 0 fully saturated rings. The molecule has 34 heavy (non-hydrogen) atoms. The van der Waals surface area contributed by atoms with E-state index in [2.05, 4.69) is 34.6 Å².